The molecule has 3 atom stereocenters. The predicted molar refractivity (Wildman–Crippen MR) is 99.1 cm³/mol. The van der Waals surface area contributed by atoms with E-state index < -0.39 is 0 Å². The Bertz CT molecular complexity index is 786. The summed E-state index contributed by atoms with van der Waals surface area (Å²) in [5.74, 6) is -0.572. The van der Waals surface area contributed by atoms with Crippen LogP contribution in [0.15, 0.2) is 48.5 Å². The van der Waals surface area contributed by atoms with Crippen molar-refractivity contribution in [3.8, 4) is 0 Å². The van der Waals surface area contributed by atoms with Crippen molar-refractivity contribution in [2.45, 2.75) is 33.2 Å². The number of carbonyl (C=O) groups is 2. The van der Waals surface area contributed by atoms with Gasteiger partial charge in [-0.15, -0.1) is 0 Å². The van der Waals surface area contributed by atoms with Gasteiger partial charge in [0, 0.05) is 5.69 Å². The van der Waals surface area contributed by atoms with E-state index in [4.69, 9.17) is 0 Å². The lowest BCUT2D eigenvalue weighted by molar-refractivity contribution is -0.125. The molecule has 4 heteroatoms. The van der Waals surface area contributed by atoms with Crippen molar-refractivity contribution in [1.29, 1.82) is 0 Å². The van der Waals surface area contributed by atoms with Crippen LogP contribution in [0.25, 0.3) is 0 Å². The number of rotatable bonds is 5. The van der Waals surface area contributed by atoms with E-state index >= 15 is 0 Å². The third-order valence-electron chi connectivity index (χ3n) is 4.76. The first-order valence-corrected chi connectivity index (χ1v) is 8.69. The molecule has 0 heterocycles. The van der Waals surface area contributed by atoms with Crippen LogP contribution >= 0.6 is 0 Å². The third kappa shape index (κ3) is 4.08. The molecule has 3 rings (SSSR count). The van der Waals surface area contributed by atoms with Crippen molar-refractivity contribution < 1.29 is 9.59 Å². The van der Waals surface area contributed by atoms with Crippen molar-refractivity contribution in [1.82, 2.24) is 5.32 Å². The van der Waals surface area contributed by atoms with Crippen LogP contribution in [0, 0.1) is 25.7 Å². The SMILES string of the molecule is Cc1ccc(NC(=O)C2CC2C(=O)NC(C)c2ccccc2)c(C)c1. The maximum atomic E-state index is 12.4. The highest BCUT2D eigenvalue weighted by Crippen LogP contribution is 2.40. The number of benzene rings is 2. The standard InChI is InChI=1S/C21H24N2O2/c1-13-9-10-19(14(2)11-13)23-21(25)18-12-17(18)20(24)22-15(3)16-7-5-4-6-8-16/h4-11,15,17-18H,12H2,1-3H3,(H,22,24)(H,23,25). The second kappa shape index (κ2) is 7.09. The Balaban J connectivity index is 1.54. The Morgan fingerprint density at radius 1 is 1.00 bits per heavy atom. The average Bonchev–Trinajstić information content (AvgIpc) is 3.39. The van der Waals surface area contributed by atoms with Gasteiger partial charge in [-0.2, -0.15) is 0 Å². The fraction of sp³-hybridized carbons (Fsp3) is 0.333. The van der Waals surface area contributed by atoms with Crippen molar-refractivity contribution in [2.75, 3.05) is 5.32 Å². The van der Waals surface area contributed by atoms with Gasteiger partial charge in [-0.3, -0.25) is 9.59 Å². The van der Waals surface area contributed by atoms with E-state index in [1.165, 1.54) is 0 Å². The number of amides is 2. The number of nitrogens with one attached hydrogen (secondary N) is 2. The minimum absolute atomic E-state index is 0.0443. The molecule has 0 saturated heterocycles. The Morgan fingerprint density at radius 3 is 2.36 bits per heavy atom. The number of hydrogen-bond acceptors (Lipinski definition) is 2. The molecule has 3 unspecified atom stereocenters. The Labute approximate surface area is 148 Å². The molecule has 25 heavy (non-hydrogen) atoms. The largest absolute Gasteiger partial charge is 0.349 e. The molecule has 2 amide bonds. The summed E-state index contributed by atoms with van der Waals surface area (Å²) in [6.45, 7) is 5.95. The summed E-state index contributed by atoms with van der Waals surface area (Å²) in [5.41, 5.74) is 4.08. The van der Waals surface area contributed by atoms with Crippen LogP contribution < -0.4 is 10.6 Å². The second-order valence-electron chi connectivity index (χ2n) is 6.90. The Kier molecular flexibility index (Phi) is 4.88. The summed E-state index contributed by atoms with van der Waals surface area (Å²) in [7, 11) is 0. The first kappa shape index (κ1) is 17.2. The van der Waals surface area contributed by atoms with E-state index in [0.29, 0.717) is 6.42 Å². The first-order valence-electron chi connectivity index (χ1n) is 8.69. The summed E-state index contributed by atoms with van der Waals surface area (Å²) >= 11 is 0. The fourth-order valence-electron chi connectivity index (χ4n) is 3.10. The zero-order valence-corrected chi connectivity index (χ0v) is 14.9. The minimum atomic E-state index is -0.233. The monoisotopic (exact) mass is 336 g/mol. The van der Waals surface area contributed by atoms with Gasteiger partial charge >= 0.3 is 0 Å². The van der Waals surface area contributed by atoms with Gasteiger partial charge in [0.25, 0.3) is 0 Å². The topological polar surface area (TPSA) is 58.2 Å². The van der Waals surface area contributed by atoms with Crippen LogP contribution in [0.1, 0.15) is 36.1 Å². The maximum absolute atomic E-state index is 12.4. The summed E-state index contributed by atoms with van der Waals surface area (Å²) in [4.78, 5) is 24.8. The van der Waals surface area contributed by atoms with Gasteiger partial charge in [0.05, 0.1) is 17.9 Å². The van der Waals surface area contributed by atoms with Crippen molar-refractivity contribution in [2.24, 2.45) is 11.8 Å². The van der Waals surface area contributed by atoms with Crippen molar-refractivity contribution >= 4 is 17.5 Å². The molecule has 1 saturated carbocycles. The Hall–Kier alpha value is -2.62. The molecule has 2 N–H and O–H groups in total. The van der Waals surface area contributed by atoms with Crippen LogP contribution in [0.3, 0.4) is 0 Å². The van der Waals surface area contributed by atoms with Crippen LogP contribution in [0.2, 0.25) is 0 Å². The number of aryl methyl sites for hydroxylation is 2. The molecule has 2 aromatic rings. The molecular weight excluding hydrogens is 312 g/mol. The van der Waals surface area contributed by atoms with Crippen molar-refractivity contribution in [3.63, 3.8) is 0 Å². The van der Waals surface area contributed by atoms with E-state index in [-0.39, 0.29) is 29.7 Å². The number of carbonyl (C=O) groups excluding carboxylic acids is 2. The zero-order valence-electron chi connectivity index (χ0n) is 14.9. The number of hydrogen-bond donors (Lipinski definition) is 2. The van der Waals surface area contributed by atoms with E-state index in [0.717, 1.165) is 22.4 Å². The van der Waals surface area contributed by atoms with Crippen LogP contribution in [-0.4, -0.2) is 11.8 Å². The minimum Gasteiger partial charge on any atom is -0.349 e. The molecule has 0 bridgehead atoms. The zero-order chi connectivity index (χ0) is 18.0. The van der Waals surface area contributed by atoms with Crippen molar-refractivity contribution in [3.05, 3.63) is 65.2 Å². The third-order valence-corrected chi connectivity index (χ3v) is 4.76. The predicted octanol–water partition coefficient (Wildman–Crippen LogP) is 3.76. The second-order valence-corrected chi connectivity index (χ2v) is 6.90. The maximum Gasteiger partial charge on any atom is 0.228 e. The molecule has 1 fully saturated rings. The van der Waals surface area contributed by atoms with Crippen LogP contribution in [0.5, 0.6) is 0 Å². The van der Waals surface area contributed by atoms with Gasteiger partial charge in [-0.25, -0.2) is 0 Å². The molecule has 1 aliphatic carbocycles. The summed E-state index contributed by atoms with van der Waals surface area (Å²) in [6, 6.07) is 15.7. The molecule has 130 valence electrons. The van der Waals surface area contributed by atoms with E-state index in [2.05, 4.69) is 10.6 Å². The quantitative estimate of drug-likeness (QED) is 0.873. The first-order chi connectivity index (χ1) is 12.0. The van der Waals surface area contributed by atoms with E-state index in [9.17, 15) is 9.59 Å². The Morgan fingerprint density at radius 2 is 1.68 bits per heavy atom. The molecule has 0 radical (unpaired) electrons. The molecule has 4 nitrogen and oxygen atoms in total. The molecular formula is C21H24N2O2. The van der Waals surface area contributed by atoms with Crippen LogP contribution in [-0.2, 0) is 9.59 Å². The fourth-order valence-corrected chi connectivity index (χ4v) is 3.10. The molecule has 2 aromatic carbocycles. The smallest absolute Gasteiger partial charge is 0.228 e. The molecule has 1 aliphatic rings. The van der Waals surface area contributed by atoms with E-state index in [1.54, 1.807) is 0 Å². The molecule has 0 aliphatic heterocycles. The highest BCUT2D eigenvalue weighted by atomic mass is 16.2. The van der Waals surface area contributed by atoms with Gasteiger partial charge in [0.2, 0.25) is 11.8 Å². The summed E-state index contributed by atoms with van der Waals surface area (Å²) in [6.07, 6.45) is 0.615. The lowest BCUT2D eigenvalue weighted by Crippen LogP contribution is -2.29. The highest BCUT2D eigenvalue weighted by molar-refractivity contribution is 6.00. The highest BCUT2D eigenvalue weighted by Gasteiger charge is 2.48. The van der Waals surface area contributed by atoms with Gasteiger partial charge in [-0.05, 0) is 44.4 Å². The van der Waals surface area contributed by atoms with Gasteiger partial charge in [0.1, 0.15) is 0 Å². The molecule has 0 spiro atoms. The lowest BCUT2D eigenvalue weighted by Gasteiger charge is -2.14. The van der Waals surface area contributed by atoms with E-state index in [1.807, 2.05) is 69.3 Å². The molecule has 0 aromatic heterocycles. The summed E-state index contributed by atoms with van der Waals surface area (Å²) < 4.78 is 0. The van der Waals surface area contributed by atoms with Gasteiger partial charge < -0.3 is 10.6 Å². The normalized spacial score (nSPS) is 19.8. The lowest BCUT2D eigenvalue weighted by atomic mass is 10.1. The van der Waals surface area contributed by atoms with Gasteiger partial charge in [-0.1, -0.05) is 48.0 Å². The summed E-state index contributed by atoms with van der Waals surface area (Å²) in [5, 5.41) is 5.96. The number of anilines is 1. The van der Waals surface area contributed by atoms with Gasteiger partial charge in [0.15, 0.2) is 0 Å². The average molecular weight is 336 g/mol. The van der Waals surface area contributed by atoms with Crippen LogP contribution in [0.4, 0.5) is 5.69 Å².